The highest BCUT2D eigenvalue weighted by molar-refractivity contribution is 5.63. The third kappa shape index (κ3) is 2.33. The molecule has 3 aromatic rings. The molecular formula is C16H14N2. The van der Waals surface area contributed by atoms with Gasteiger partial charge in [-0.1, -0.05) is 30.3 Å². The van der Waals surface area contributed by atoms with Crippen LogP contribution >= 0.6 is 0 Å². The molecule has 1 aromatic carbocycles. The van der Waals surface area contributed by atoms with Crippen molar-refractivity contribution in [3.05, 3.63) is 78.4 Å². The fourth-order valence-electron chi connectivity index (χ4n) is 2.09. The van der Waals surface area contributed by atoms with E-state index in [9.17, 15) is 0 Å². The Morgan fingerprint density at radius 2 is 1.89 bits per heavy atom. The first-order valence-corrected chi connectivity index (χ1v) is 6.03. The molecule has 0 radical (unpaired) electrons. The van der Waals surface area contributed by atoms with Gasteiger partial charge in [0.1, 0.15) is 0 Å². The van der Waals surface area contributed by atoms with Crippen molar-refractivity contribution in [2.75, 3.05) is 0 Å². The zero-order valence-corrected chi connectivity index (χ0v) is 10.0. The van der Waals surface area contributed by atoms with Gasteiger partial charge in [-0.05, 0) is 34.9 Å². The summed E-state index contributed by atoms with van der Waals surface area (Å²) >= 11 is 0. The fraction of sp³-hybridized carbons (Fsp3) is 0.0625. The molecule has 0 aliphatic heterocycles. The van der Waals surface area contributed by atoms with Gasteiger partial charge in [-0.25, -0.2) is 0 Å². The van der Waals surface area contributed by atoms with Gasteiger partial charge < -0.3 is 4.98 Å². The lowest BCUT2D eigenvalue weighted by Gasteiger charge is -2.04. The molecule has 2 heteroatoms. The second-order valence-electron chi connectivity index (χ2n) is 4.31. The van der Waals surface area contributed by atoms with Crippen LogP contribution < -0.4 is 0 Å². The second kappa shape index (κ2) is 4.88. The van der Waals surface area contributed by atoms with E-state index in [0.29, 0.717) is 0 Å². The number of hydrogen-bond acceptors (Lipinski definition) is 1. The smallest absolute Gasteiger partial charge is 0.0346 e. The van der Waals surface area contributed by atoms with E-state index in [1.54, 1.807) is 6.20 Å². The highest BCUT2D eigenvalue weighted by Crippen LogP contribution is 2.20. The number of nitrogens with zero attached hydrogens (tertiary/aromatic N) is 1. The molecule has 0 saturated heterocycles. The van der Waals surface area contributed by atoms with Gasteiger partial charge in [0.25, 0.3) is 0 Å². The Labute approximate surface area is 106 Å². The van der Waals surface area contributed by atoms with E-state index in [0.717, 1.165) is 12.0 Å². The lowest BCUT2D eigenvalue weighted by atomic mass is 10.0. The summed E-state index contributed by atoms with van der Waals surface area (Å²) < 4.78 is 0. The summed E-state index contributed by atoms with van der Waals surface area (Å²) in [4.78, 5) is 7.39. The summed E-state index contributed by atoms with van der Waals surface area (Å²) in [5.74, 6) is 0. The second-order valence-corrected chi connectivity index (χ2v) is 4.31. The van der Waals surface area contributed by atoms with Crippen LogP contribution in [0.25, 0.3) is 11.1 Å². The molecule has 0 saturated carbocycles. The minimum absolute atomic E-state index is 0.932. The largest absolute Gasteiger partial charge is 0.365 e. The van der Waals surface area contributed by atoms with Crippen LogP contribution in [0, 0.1) is 0 Å². The standard InChI is InChI=1S/C16H14N2/c1-4-13(11-16-7-3-9-18-16)10-14(5-1)15-6-2-8-17-12-15/h1-10,12,18H,11H2. The van der Waals surface area contributed by atoms with Crippen LogP contribution in [-0.2, 0) is 6.42 Å². The Hall–Kier alpha value is -2.35. The molecule has 1 N–H and O–H groups in total. The minimum atomic E-state index is 0.932. The van der Waals surface area contributed by atoms with Crippen molar-refractivity contribution in [2.45, 2.75) is 6.42 Å². The number of aromatic nitrogens is 2. The molecule has 18 heavy (non-hydrogen) atoms. The van der Waals surface area contributed by atoms with Crippen LogP contribution in [0.5, 0.6) is 0 Å². The Morgan fingerprint density at radius 1 is 0.944 bits per heavy atom. The van der Waals surface area contributed by atoms with E-state index in [2.05, 4.69) is 46.4 Å². The van der Waals surface area contributed by atoms with E-state index >= 15 is 0 Å². The van der Waals surface area contributed by atoms with Gasteiger partial charge in [-0.2, -0.15) is 0 Å². The summed E-state index contributed by atoms with van der Waals surface area (Å²) in [6.07, 6.45) is 6.58. The maximum Gasteiger partial charge on any atom is 0.0346 e. The Kier molecular flexibility index (Phi) is 2.92. The number of aromatic amines is 1. The number of hydrogen-bond donors (Lipinski definition) is 1. The van der Waals surface area contributed by atoms with Gasteiger partial charge in [0, 0.05) is 30.7 Å². The number of benzene rings is 1. The molecule has 0 bridgehead atoms. The summed E-state index contributed by atoms with van der Waals surface area (Å²) in [6.45, 7) is 0. The minimum Gasteiger partial charge on any atom is -0.365 e. The molecule has 2 heterocycles. The number of nitrogens with one attached hydrogen (secondary N) is 1. The molecule has 0 spiro atoms. The number of rotatable bonds is 3. The summed E-state index contributed by atoms with van der Waals surface area (Å²) in [5, 5.41) is 0. The van der Waals surface area contributed by atoms with E-state index in [1.807, 2.05) is 24.5 Å². The Morgan fingerprint density at radius 3 is 2.67 bits per heavy atom. The van der Waals surface area contributed by atoms with Crippen LogP contribution in [0.1, 0.15) is 11.3 Å². The average molecular weight is 234 g/mol. The highest BCUT2D eigenvalue weighted by Gasteiger charge is 2.00. The quantitative estimate of drug-likeness (QED) is 0.736. The van der Waals surface area contributed by atoms with Gasteiger partial charge in [0.15, 0.2) is 0 Å². The Balaban J connectivity index is 1.90. The predicted octanol–water partition coefficient (Wildman–Crippen LogP) is 3.67. The number of H-pyrrole nitrogens is 1. The van der Waals surface area contributed by atoms with Gasteiger partial charge in [0.05, 0.1) is 0 Å². The van der Waals surface area contributed by atoms with Crippen molar-refractivity contribution in [2.24, 2.45) is 0 Å². The van der Waals surface area contributed by atoms with E-state index in [1.165, 1.54) is 16.8 Å². The van der Waals surface area contributed by atoms with Crippen LogP contribution in [0.3, 0.4) is 0 Å². The molecule has 0 amide bonds. The maximum absolute atomic E-state index is 4.16. The maximum atomic E-state index is 4.16. The first-order valence-electron chi connectivity index (χ1n) is 6.03. The average Bonchev–Trinajstić information content (AvgIpc) is 2.93. The molecular weight excluding hydrogens is 220 g/mol. The summed E-state index contributed by atoms with van der Waals surface area (Å²) in [5.41, 5.74) is 4.91. The Bertz CT molecular complexity index is 613. The van der Waals surface area contributed by atoms with E-state index in [4.69, 9.17) is 0 Å². The van der Waals surface area contributed by atoms with Crippen molar-refractivity contribution in [1.29, 1.82) is 0 Å². The van der Waals surface area contributed by atoms with Crippen LogP contribution in [0.4, 0.5) is 0 Å². The molecule has 0 fully saturated rings. The lowest BCUT2D eigenvalue weighted by molar-refractivity contribution is 1.11. The molecule has 3 rings (SSSR count). The van der Waals surface area contributed by atoms with Crippen LogP contribution in [0.2, 0.25) is 0 Å². The van der Waals surface area contributed by atoms with Gasteiger partial charge in [0.2, 0.25) is 0 Å². The van der Waals surface area contributed by atoms with Gasteiger partial charge >= 0.3 is 0 Å². The molecule has 88 valence electrons. The van der Waals surface area contributed by atoms with Crippen molar-refractivity contribution in [3.8, 4) is 11.1 Å². The highest BCUT2D eigenvalue weighted by atomic mass is 14.7. The number of pyridine rings is 1. The zero-order valence-electron chi connectivity index (χ0n) is 10.0. The molecule has 2 nitrogen and oxygen atoms in total. The van der Waals surface area contributed by atoms with Gasteiger partial charge in [-0.15, -0.1) is 0 Å². The SMILES string of the molecule is c1cncc(-c2cccc(Cc3ccc[nH]3)c2)c1. The molecule has 0 unspecified atom stereocenters. The van der Waals surface area contributed by atoms with Crippen molar-refractivity contribution in [1.82, 2.24) is 9.97 Å². The molecule has 0 aliphatic rings. The first kappa shape index (κ1) is 10.8. The zero-order chi connectivity index (χ0) is 12.2. The van der Waals surface area contributed by atoms with Crippen molar-refractivity contribution >= 4 is 0 Å². The third-order valence-corrected chi connectivity index (χ3v) is 2.98. The lowest BCUT2D eigenvalue weighted by Crippen LogP contribution is -1.89. The predicted molar refractivity (Wildman–Crippen MR) is 73.3 cm³/mol. The molecule has 0 aliphatic carbocycles. The van der Waals surface area contributed by atoms with E-state index in [-0.39, 0.29) is 0 Å². The van der Waals surface area contributed by atoms with Crippen LogP contribution in [-0.4, -0.2) is 9.97 Å². The fourth-order valence-corrected chi connectivity index (χ4v) is 2.09. The normalized spacial score (nSPS) is 10.4. The molecule has 2 aromatic heterocycles. The van der Waals surface area contributed by atoms with Crippen molar-refractivity contribution in [3.63, 3.8) is 0 Å². The summed E-state index contributed by atoms with van der Waals surface area (Å²) in [7, 11) is 0. The van der Waals surface area contributed by atoms with Crippen LogP contribution in [0.15, 0.2) is 67.1 Å². The third-order valence-electron chi connectivity index (χ3n) is 2.98. The first-order chi connectivity index (χ1) is 8.92. The topological polar surface area (TPSA) is 28.7 Å². The molecule has 0 atom stereocenters. The monoisotopic (exact) mass is 234 g/mol. The van der Waals surface area contributed by atoms with E-state index < -0.39 is 0 Å². The summed E-state index contributed by atoms with van der Waals surface area (Å²) in [6, 6.07) is 16.8. The van der Waals surface area contributed by atoms with Gasteiger partial charge in [-0.3, -0.25) is 4.98 Å². The van der Waals surface area contributed by atoms with Crippen molar-refractivity contribution < 1.29 is 0 Å².